The summed E-state index contributed by atoms with van der Waals surface area (Å²) in [5, 5.41) is 3.09. The van der Waals surface area contributed by atoms with Crippen LogP contribution in [0.15, 0.2) is 108 Å². The van der Waals surface area contributed by atoms with E-state index < -0.39 is 28.5 Å². The summed E-state index contributed by atoms with van der Waals surface area (Å²) < 4.78 is 34.7. The van der Waals surface area contributed by atoms with Crippen LogP contribution in [-0.4, -0.2) is 27.5 Å². The van der Waals surface area contributed by atoms with E-state index in [0.29, 0.717) is 18.0 Å². The van der Waals surface area contributed by atoms with Crippen molar-refractivity contribution < 1.29 is 17.9 Å². The van der Waals surface area contributed by atoms with Crippen molar-refractivity contribution >= 4 is 21.6 Å². The Kier molecular flexibility index (Phi) is 8.48. The Balaban J connectivity index is 1.74. The van der Waals surface area contributed by atoms with Crippen molar-refractivity contribution in [3.05, 3.63) is 125 Å². The van der Waals surface area contributed by atoms with E-state index in [0.717, 1.165) is 26.6 Å². The molecule has 4 aromatic carbocycles. The lowest BCUT2D eigenvalue weighted by Crippen LogP contribution is -2.42. The van der Waals surface area contributed by atoms with Crippen LogP contribution < -0.4 is 14.4 Å². The van der Waals surface area contributed by atoms with E-state index in [1.54, 1.807) is 48.5 Å². The predicted octanol–water partition coefficient (Wildman–Crippen LogP) is 5.80. The number of sulfonamides is 1. The summed E-state index contributed by atoms with van der Waals surface area (Å²) in [5.74, 6) is -0.0545. The van der Waals surface area contributed by atoms with Gasteiger partial charge in [0.25, 0.3) is 10.0 Å². The summed E-state index contributed by atoms with van der Waals surface area (Å²) in [7, 11) is -4.09. The van der Waals surface area contributed by atoms with Crippen molar-refractivity contribution in [2.75, 3.05) is 17.5 Å². The van der Waals surface area contributed by atoms with Crippen LogP contribution >= 0.6 is 0 Å². The van der Waals surface area contributed by atoms with E-state index in [4.69, 9.17) is 4.74 Å². The quantitative estimate of drug-likeness (QED) is 0.282. The molecule has 4 rings (SSSR count). The van der Waals surface area contributed by atoms with Gasteiger partial charge in [-0.2, -0.15) is 0 Å². The number of amides is 1. The maximum atomic E-state index is 13.9. The zero-order valence-electron chi connectivity index (χ0n) is 21.8. The van der Waals surface area contributed by atoms with Crippen LogP contribution in [-0.2, 0) is 14.8 Å². The standard InChI is InChI=1S/C31H32N2O4S/c1-4-37-29-17-11-10-16-28(29)33(38(35,36)26-20-18-23(2)19-21-26)22-30(34)32-31(25-13-6-5-7-14-25)27-15-9-8-12-24(27)3/h5-21,31H,4,22H2,1-3H3,(H,32,34)/t31-/m0/s1. The molecule has 0 aliphatic rings. The van der Waals surface area contributed by atoms with Crippen molar-refractivity contribution in [3.63, 3.8) is 0 Å². The number of anilines is 1. The molecule has 7 heteroatoms. The van der Waals surface area contributed by atoms with E-state index in [-0.39, 0.29) is 4.90 Å². The van der Waals surface area contributed by atoms with E-state index >= 15 is 0 Å². The molecule has 0 spiro atoms. The number of benzene rings is 4. The maximum absolute atomic E-state index is 13.9. The minimum atomic E-state index is -4.09. The number of ether oxygens (including phenoxy) is 1. The summed E-state index contributed by atoms with van der Waals surface area (Å²) in [5.41, 5.74) is 4.10. The fraction of sp³-hybridized carbons (Fsp3) is 0.194. The second-order valence-corrected chi connectivity index (χ2v) is 10.9. The van der Waals surface area contributed by atoms with E-state index in [1.165, 1.54) is 0 Å². The molecule has 0 radical (unpaired) electrons. The first kappa shape index (κ1) is 26.9. The lowest BCUT2D eigenvalue weighted by molar-refractivity contribution is -0.120. The van der Waals surface area contributed by atoms with Gasteiger partial charge in [-0.1, -0.05) is 84.4 Å². The number of hydrogen-bond donors (Lipinski definition) is 1. The fourth-order valence-corrected chi connectivity index (χ4v) is 5.74. The molecule has 38 heavy (non-hydrogen) atoms. The third-order valence-electron chi connectivity index (χ3n) is 6.27. The maximum Gasteiger partial charge on any atom is 0.264 e. The monoisotopic (exact) mass is 528 g/mol. The summed E-state index contributed by atoms with van der Waals surface area (Å²) in [6.45, 7) is 5.64. The molecule has 0 saturated carbocycles. The van der Waals surface area contributed by atoms with Gasteiger partial charge in [0.2, 0.25) is 5.91 Å². The highest BCUT2D eigenvalue weighted by molar-refractivity contribution is 7.92. The summed E-state index contributed by atoms with van der Waals surface area (Å²) in [6, 6.07) is 30.5. The van der Waals surface area contributed by atoms with Gasteiger partial charge in [0.05, 0.1) is 23.2 Å². The Labute approximate surface area is 225 Å². The average molecular weight is 529 g/mol. The van der Waals surface area contributed by atoms with Crippen LogP contribution in [0.25, 0.3) is 0 Å². The van der Waals surface area contributed by atoms with Gasteiger partial charge in [-0.3, -0.25) is 9.10 Å². The number of hydrogen-bond acceptors (Lipinski definition) is 4. The van der Waals surface area contributed by atoms with Gasteiger partial charge >= 0.3 is 0 Å². The van der Waals surface area contributed by atoms with Crippen molar-refractivity contribution in [2.45, 2.75) is 31.7 Å². The molecule has 196 valence electrons. The van der Waals surface area contributed by atoms with Crippen LogP contribution in [0.3, 0.4) is 0 Å². The molecular weight excluding hydrogens is 496 g/mol. The molecule has 1 atom stereocenters. The number of aryl methyl sites for hydroxylation is 2. The molecule has 0 aliphatic heterocycles. The Hall–Kier alpha value is -4.10. The Morgan fingerprint density at radius 1 is 0.842 bits per heavy atom. The predicted molar refractivity (Wildman–Crippen MR) is 151 cm³/mol. The van der Waals surface area contributed by atoms with Crippen molar-refractivity contribution in [1.82, 2.24) is 5.32 Å². The molecule has 0 heterocycles. The molecule has 0 bridgehead atoms. The first-order valence-electron chi connectivity index (χ1n) is 12.5. The Bertz CT molecular complexity index is 1490. The lowest BCUT2D eigenvalue weighted by atomic mass is 9.95. The number of carbonyl (C=O) groups excluding carboxylic acids is 1. The van der Waals surface area contributed by atoms with Gasteiger partial charge in [0.1, 0.15) is 12.3 Å². The molecule has 1 amide bonds. The molecule has 0 saturated heterocycles. The van der Waals surface area contributed by atoms with Gasteiger partial charge in [-0.15, -0.1) is 0 Å². The second-order valence-electron chi connectivity index (χ2n) is 8.99. The highest BCUT2D eigenvalue weighted by atomic mass is 32.2. The van der Waals surface area contributed by atoms with Crippen LogP contribution in [0.2, 0.25) is 0 Å². The number of para-hydroxylation sites is 2. The summed E-state index contributed by atoms with van der Waals surface area (Å²) >= 11 is 0. The molecule has 6 nitrogen and oxygen atoms in total. The number of carbonyl (C=O) groups is 1. The van der Waals surface area contributed by atoms with Gasteiger partial charge in [0.15, 0.2) is 0 Å². The Morgan fingerprint density at radius 3 is 2.16 bits per heavy atom. The fourth-order valence-electron chi connectivity index (χ4n) is 4.31. The van der Waals surface area contributed by atoms with Crippen LogP contribution in [0.4, 0.5) is 5.69 Å². The molecule has 0 unspecified atom stereocenters. The van der Waals surface area contributed by atoms with Gasteiger partial charge in [0, 0.05) is 0 Å². The second kappa shape index (κ2) is 12.0. The minimum absolute atomic E-state index is 0.0979. The normalized spacial score (nSPS) is 12.0. The third kappa shape index (κ3) is 6.06. The van der Waals surface area contributed by atoms with Gasteiger partial charge < -0.3 is 10.1 Å². The molecular formula is C31H32N2O4S. The number of rotatable bonds is 10. The molecule has 1 N–H and O–H groups in total. The molecule has 0 aromatic heterocycles. The summed E-state index contributed by atoms with van der Waals surface area (Å²) in [6.07, 6.45) is 0. The van der Waals surface area contributed by atoms with Crippen LogP contribution in [0.5, 0.6) is 5.75 Å². The van der Waals surface area contributed by atoms with Crippen molar-refractivity contribution in [3.8, 4) is 5.75 Å². The van der Waals surface area contributed by atoms with Crippen molar-refractivity contribution in [2.24, 2.45) is 0 Å². The first-order valence-corrected chi connectivity index (χ1v) is 14.0. The topological polar surface area (TPSA) is 75.7 Å². The molecule has 4 aromatic rings. The van der Waals surface area contributed by atoms with Crippen LogP contribution in [0, 0.1) is 13.8 Å². The SMILES string of the molecule is CCOc1ccccc1N(CC(=O)N[C@@H](c1ccccc1)c1ccccc1C)S(=O)(=O)c1ccc(C)cc1. The summed E-state index contributed by atoms with van der Waals surface area (Å²) in [4.78, 5) is 13.7. The number of nitrogens with zero attached hydrogens (tertiary/aromatic N) is 1. The lowest BCUT2D eigenvalue weighted by Gasteiger charge is -2.28. The largest absolute Gasteiger partial charge is 0.492 e. The zero-order chi connectivity index (χ0) is 27.1. The average Bonchev–Trinajstić information content (AvgIpc) is 2.92. The van der Waals surface area contributed by atoms with E-state index in [9.17, 15) is 13.2 Å². The highest BCUT2D eigenvalue weighted by Crippen LogP contribution is 2.33. The highest BCUT2D eigenvalue weighted by Gasteiger charge is 2.30. The van der Waals surface area contributed by atoms with E-state index in [1.807, 2.05) is 75.4 Å². The van der Waals surface area contributed by atoms with Crippen molar-refractivity contribution in [1.29, 1.82) is 0 Å². The third-order valence-corrected chi connectivity index (χ3v) is 8.04. The van der Waals surface area contributed by atoms with Crippen LogP contribution in [0.1, 0.15) is 35.2 Å². The zero-order valence-corrected chi connectivity index (χ0v) is 22.6. The number of nitrogens with one attached hydrogen (secondary N) is 1. The molecule has 0 aliphatic carbocycles. The minimum Gasteiger partial charge on any atom is -0.492 e. The Morgan fingerprint density at radius 2 is 1.47 bits per heavy atom. The molecule has 0 fully saturated rings. The smallest absolute Gasteiger partial charge is 0.264 e. The van der Waals surface area contributed by atoms with Gasteiger partial charge in [-0.05, 0) is 61.7 Å². The van der Waals surface area contributed by atoms with Gasteiger partial charge in [-0.25, -0.2) is 8.42 Å². The first-order chi connectivity index (χ1) is 18.3. The van der Waals surface area contributed by atoms with E-state index in [2.05, 4.69) is 5.32 Å².